The van der Waals surface area contributed by atoms with Crippen LogP contribution in [-0.2, 0) is 16.1 Å². The number of amidine groups is 1. The molecule has 0 amide bonds. The highest BCUT2D eigenvalue weighted by Gasteiger charge is 2.94. The SMILES string of the molecule is N#C[C@@]12[C@H](c3ccc(OCc4ccccc4)cc3)[C@@]1(C#N)C(N)=NC21OCCO1. The summed E-state index contributed by atoms with van der Waals surface area (Å²) in [4.78, 5) is 4.27. The molecule has 144 valence electrons. The second-order valence-electron chi connectivity index (χ2n) is 7.39. The van der Waals surface area contributed by atoms with E-state index >= 15 is 0 Å². The lowest BCUT2D eigenvalue weighted by Gasteiger charge is -2.25. The van der Waals surface area contributed by atoms with E-state index in [4.69, 9.17) is 19.9 Å². The molecular weight excluding hydrogens is 368 g/mol. The molecule has 0 radical (unpaired) electrons. The molecule has 2 aromatic rings. The van der Waals surface area contributed by atoms with Crippen LogP contribution < -0.4 is 10.5 Å². The predicted molar refractivity (Wildman–Crippen MR) is 102 cm³/mol. The topological polar surface area (TPSA) is 114 Å². The Morgan fingerprint density at radius 1 is 1.03 bits per heavy atom. The Kier molecular flexibility index (Phi) is 3.69. The van der Waals surface area contributed by atoms with Gasteiger partial charge in [-0.25, -0.2) is 4.99 Å². The molecule has 1 spiro atoms. The number of nitrogens with two attached hydrogens (primary N) is 1. The summed E-state index contributed by atoms with van der Waals surface area (Å²) in [5, 5.41) is 20.1. The van der Waals surface area contributed by atoms with Gasteiger partial charge in [0.05, 0.1) is 25.4 Å². The van der Waals surface area contributed by atoms with Gasteiger partial charge in [0.2, 0.25) is 0 Å². The van der Waals surface area contributed by atoms with Crippen molar-refractivity contribution in [3.8, 4) is 17.9 Å². The van der Waals surface area contributed by atoms with Crippen molar-refractivity contribution in [1.29, 1.82) is 10.5 Å². The van der Waals surface area contributed by atoms with Crippen molar-refractivity contribution in [2.75, 3.05) is 13.2 Å². The zero-order valence-electron chi connectivity index (χ0n) is 15.5. The number of rotatable bonds is 4. The highest BCUT2D eigenvalue weighted by molar-refractivity contribution is 6.00. The molecule has 2 heterocycles. The Morgan fingerprint density at radius 3 is 2.34 bits per heavy atom. The summed E-state index contributed by atoms with van der Waals surface area (Å²) in [5.41, 5.74) is 5.47. The Hall–Kier alpha value is -3.39. The zero-order chi connectivity index (χ0) is 20.1. The van der Waals surface area contributed by atoms with E-state index < -0.39 is 22.7 Å². The van der Waals surface area contributed by atoms with Gasteiger partial charge in [0.15, 0.2) is 5.41 Å². The first kappa shape index (κ1) is 17.7. The third kappa shape index (κ3) is 2.09. The van der Waals surface area contributed by atoms with Crippen molar-refractivity contribution in [3.05, 3.63) is 65.7 Å². The van der Waals surface area contributed by atoms with Gasteiger partial charge in [-0.3, -0.25) is 0 Å². The van der Waals surface area contributed by atoms with Gasteiger partial charge in [0.1, 0.15) is 23.6 Å². The first-order valence-corrected chi connectivity index (χ1v) is 9.36. The van der Waals surface area contributed by atoms with E-state index in [0.717, 1.165) is 11.1 Å². The summed E-state index contributed by atoms with van der Waals surface area (Å²) in [7, 11) is 0. The van der Waals surface area contributed by atoms with Gasteiger partial charge in [-0.2, -0.15) is 10.5 Å². The molecule has 1 saturated heterocycles. The second kappa shape index (κ2) is 6.05. The van der Waals surface area contributed by atoms with Crippen LogP contribution in [0.3, 0.4) is 0 Å². The summed E-state index contributed by atoms with van der Waals surface area (Å²) in [6.45, 7) is 1.07. The van der Waals surface area contributed by atoms with Crippen molar-refractivity contribution < 1.29 is 14.2 Å². The van der Waals surface area contributed by atoms with Gasteiger partial charge in [-0.05, 0) is 23.3 Å². The zero-order valence-corrected chi connectivity index (χ0v) is 15.5. The molecule has 7 heteroatoms. The molecular formula is C22H18N4O3. The fourth-order valence-corrected chi connectivity index (χ4v) is 4.72. The van der Waals surface area contributed by atoms with Gasteiger partial charge in [-0.15, -0.1) is 0 Å². The van der Waals surface area contributed by atoms with Gasteiger partial charge in [-0.1, -0.05) is 42.5 Å². The maximum atomic E-state index is 10.1. The Labute approximate surface area is 167 Å². The van der Waals surface area contributed by atoms with E-state index in [-0.39, 0.29) is 5.84 Å². The van der Waals surface area contributed by atoms with Gasteiger partial charge in [0.25, 0.3) is 5.91 Å². The van der Waals surface area contributed by atoms with Crippen LogP contribution in [0.1, 0.15) is 17.0 Å². The fraction of sp³-hybridized carbons (Fsp3) is 0.318. The second-order valence-corrected chi connectivity index (χ2v) is 7.39. The van der Waals surface area contributed by atoms with Crippen molar-refractivity contribution in [2.24, 2.45) is 21.6 Å². The Balaban J connectivity index is 1.44. The van der Waals surface area contributed by atoms with Crippen LogP contribution in [0, 0.1) is 33.5 Å². The van der Waals surface area contributed by atoms with E-state index in [0.29, 0.717) is 25.6 Å². The molecule has 2 aliphatic heterocycles. The van der Waals surface area contributed by atoms with Crippen molar-refractivity contribution >= 4 is 5.84 Å². The molecule has 0 bridgehead atoms. The summed E-state index contributed by atoms with van der Waals surface area (Å²) >= 11 is 0. The van der Waals surface area contributed by atoms with Crippen LogP contribution >= 0.6 is 0 Å². The van der Waals surface area contributed by atoms with Crippen LogP contribution in [0.25, 0.3) is 0 Å². The lowest BCUT2D eigenvalue weighted by Crippen LogP contribution is -2.38. The molecule has 0 aromatic heterocycles. The normalized spacial score (nSPS) is 30.8. The smallest absolute Gasteiger partial charge is 0.293 e. The summed E-state index contributed by atoms with van der Waals surface area (Å²) in [5.74, 6) is -1.19. The molecule has 5 rings (SSSR count). The fourth-order valence-electron chi connectivity index (χ4n) is 4.72. The van der Waals surface area contributed by atoms with Crippen LogP contribution in [0.15, 0.2) is 59.6 Å². The summed E-state index contributed by atoms with van der Waals surface area (Å²) in [6, 6.07) is 21.8. The number of hydrogen-bond donors (Lipinski definition) is 1. The van der Waals surface area contributed by atoms with Crippen molar-refractivity contribution in [3.63, 3.8) is 0 Å². The Bertz CT molecular complexity index is 1060. The molecule has 1 aliphatic carbocycles. The van der Waals surface area contributed by atoms with Crippen LogP contribution in [0.5, 0.6) is 5.75 Å². The molecule has 2 N–H and O–H groups in total. The summed E-state index contributed by atoms with van der Waals surface area (Å²) < 4.78 is 17.3. The first-order valence-electron chi connectivity index (χ1n) is 9.36. The molecule has 3 aliphatic rings. The number of nitriles is 2. The van der Waals surface area contributed by atoms with Gasteiger partial charge in [0, 0.05) is 5.92 Å². The third-order valence-corrected chi connectivity index (χ3v) is 6.07. The average Bonchev–Trinajstić information content (AvgIpc) is 3.01. The number of fused-ring (bicyclic) bond motifs is 2. The molecule has 29 heavy (non-hydrogen) atoms. The van der Waals surface area contributed by atoms with Crippen molar-refractivity contribution in [1.82, 2.24) is 0 Å². The largest absolute Gasteiger partial charge is 0.489 e. The molecule has 2 aromatic carbocycles. The lowest BCUT2D eigenvalue weighted by atomic mass is 9.94. The molecule has 0 unspecified atom stereocenters. The molecule has 7 nitrogen and oxygen atoms in total. The van der Waals surface area contributed by atoms with Gasteiger partial charge >= 0.3 is 0 Å². The van der Waals surface area contributed by atoms with Crippen LogP contribution in [0.2, 0.25) is 0 Å². The first-order chi connectivity index (χ1) is 14.1. The highest BCUT2D eigenvalue weighted by atomic mass is 16.8. The van der Waals surface area contributed by atoms with E-state index in [2.05, 4.69) is 17.1 Å². The van der Waals surface area contributed by atoms with E-state index in [1.54, 1.807) is 0 Å². The monoisotopic (exact) mass is 386 g/mol. The number of hydrogen-bond acceptors (Lipinski definition) is 7. The van der Waals surface area contributed by atoms with Crippen LogP contribution in [0.4, 0.5) is 0 Å². The number of nitrogens with zero attached hydrogens (tertiary/aromatic N) is 3. The average molecular weight is 386 g/mol. The highest BCUT2D eigenvalue weighted by Crippen LogP contribution is 2.82. The minimum atomic E-state index is -1.51. The molecule has 1 saturated carbocycles. The number of benzene rings is 2. The predicted octanol–water partition coefficient (Wildman–Crippen LogP) is 2.45. The summed E-state index contributed by atoms with van der Waals surface area (Å²) in [6.07, 6.45) is 0. The van der Waals surface area contributed by atoms with E-state index in [1.165, 1.54) is 0 Å². The standard InChI is InChI=1S/C22H18N4O3/c23-13-20-18(21(20,14-24)22(26-19(20)25)28-10-11-29-22)16-6-8-17(9-7-16)27-12-15-4-2-1-3-5-15/h1-9,18H,10-12H2,(H2,25,26)/t18-,20+,21-/m1/s1. The van der Waals surface area contributed by atoms with Crippen LogP contribution in [-0.4, -0.2) is 25.0 Å². The minimum Gasteiger partial charge on any atom is -0.489 e. The maximum Gasteiger partial charge on any atom is 0.293 e. The van der Waals surface area contributed by atoms with E-state index in [1.807, 2.05) is 54.6 Å². The number of aliphatic imine (C=N–C) groups is 1. The quantitative estimate of drug-likeness (QED) is 0.863. The van der Waals surface area contributed by atoms with Gasteiger partial charge < -0.3 is 19.9 Å². The molecule has 3 atom stereocenters. The minimum absolute atomic E-state index is 0.0952. The number of ether oxygens (including phenoxy) is 3. The lowest BCUT2D eigenvalue weighted by molar-refractivity contribution is -0.184. The third-order valence-electron chi connectivity index (χ3n) is 6.07. The molecule has 2 fully saturated rings. The van der Waals surface area contributed by atoms with Crippen molar-refractivity contribution in [2.45, 2.75) is 18.4 Å². The maximum absolute atomic E-state index is 10.1. The van der Waals surface area contributed by atoms with E-state index in [9.17, 15) is 10.5 Å². The Morgan fingerprint density at radius 2 is 1.72 bits per heavy atom.